The summed E-state index contributed by atoms with van der Waals surface area (Å²) in [4.78, 5) is 2.91. The third-order valence-electron chi connectivity index (χ3n) is 8.44. The Balaban J connectivity index is 1.55. The average molecular weight is 377 g/mol. The van der Waals surface area contributed by atoms with Crippen LogP contribution < -0.4 is 0 Å². The molecule has 0 radical (unpaired) electrons. The summed E-state index contributed by atoms with van der Waals surface area (Å²) in [5.41, 5.74) is 14.2. The normalized spacial score (nSPS) is 27.0. The van der Waals surface area contributed by atoms with Crippen molar-refractivity contribution >= 4 is 0 Å². The molecular weight excluding hydrogens is 352 g/mol. The van der Waals surface area contributed by atoms with Gasteiger partial charge in [-0.2, -0.15) is 0 Å². The molecule has 2 aromatic carbocycles. The lowest BCUT2D eigenvalue weighted by atomic mass is 9.87. The predicted molar refractivity (Wildman–Crippen MR) is 114 cm³/mol. The number of rotatable bonds is 0. The lowest BCUT2D eigenvalue weighted by molar-refractivity contribution is 0.0278. The summed E-state index contributed by atoms with van der Waals surface area (Å²) in [7, 11) is 0. The molecule has 6 heterocycles. The molecule has 1 aromatic heterocycles. The summed E-state index contributed by atoms with van der Waals surface area (Å²) in [6.07, 6.45) is 10.5. The van der Waals surface area contributed by atoms with Crippen LogP contribution in [0.15, 0.2) is 60.3 Å². The van der Waals surface area contributed by atoms with Gasteiger partial charge in [-0.25, -0.2) is 0 Å². The molecule has 29 heavy (non-hydrogen) atoms. The number of nitrogens with zero attached hydrogens (tertiary/aromatic N) is 2. The van der Waals surface area contributed by atoms with Crippen molar-refractivity contribution in [3.05, 3.63) is 105 Å². The van der Waals surface area contributed by atoms with E-state index < -0.39 is 0 Å². The Hall–Kier alpha value is -2.74. The zero-order valence-electron chi connectivity index (χ0n) is 16.6. The molecule has 1 spiro atoms. The molecule has 8 rings (SSSR count). The minimum Gasteiger partial charge on any atom is -0.348 e. The largest absolute Gasteiger partial charge is 0.348 e. The molecule has 3 aromatic rings. The van der Waals surface area contributed by atoms with Gasteiger partial charge in [0.15, 0.2) is 0 Å². The van der Waals surface area contributed by atoms with Gasteiger partial charge in [0.1, 0.15) is 5.66 Å². The van der Waals surface area contributed by atoms with Crippen molar-refractivity contribution in [1.29, 1.82) is 0 Å². The summed E-state index contributed by atoms with van der Waals surface area (Å²) < 4.78 is 2.81. The number of aromatic nitrogens is 1. The molecule has 0 amide bonds. The highest BCUT2D eigenvalue weighted by atomic mass is 15.4. The van der Waals surface area contributed by atoms with E-state index in [1.807, 2.05) is 0 Å². The smallest absolute Gasteiger partial charge is 0.125 e. The van der Waals surface area contributed by atoms with Gasteiger partial charge in [0.05, 0.1) is 0 Å². The van der Waals surface area contributed by atoms with Gasteiger partial charge in [-0.3, -0.25) is 0 Å². The van der Waals surface area contributed by atoms with Gasteiger partial charge in [-0.1, -0.05) is 42.5 Å². The van der Waals surface area contributed by atoms with Gasteiger partial charge in [-0.15, -0.1) is 0 Å². The van der Waals surface area contributed by atoms with E-state index in [-0.39, 0.29) is 5.66 Å². The topological polar surface area (TPSA) is 8.17 Å². The molecule has 142 valence electrons. The lowest BCUT2D eigenvalue weighted by Gasteiger charge is -2.47. The molecule has 0 saturated heterocycles. The first kappa shape index (κ1) is 15.1. The number of hydrogen-bond acceptors (Lipinski definition) is 1. The molecule has 2 atom stereocenters. The molecule has 2 nitrogen and oxygen atoms in total. The van der Waals surface area contributed by atoms with Crippen LogP contribution in [0.5, 0.6) is 0 Å². The second-order valence-electron chi connectivity index (χ2n) is 9.79. The van der Waals surface area contributed by atoms with Gasteiger partial charge in [0, 0.05) is 55.2 Å². The second-order valence-corrected chi connectivity index (χ2v) is 9.79. The Morgan fingerprint density at radius 3 is 2.07 bits per heavy atom. The average Bonchev–Trinajstić information content (AvgIpc) is 3.12. The van der Waals surface area contributed by atoms with E-state index in [4.69, 9.17) is 0 Å². The van der Waals surface area contributed by atoms with Crippen molar-refractivity contribution in [3.8, 4) is 0 Å². The molecule has 0 saturated carbocycles. The number of benzene rings is 2. The lowest BCUT2D eigenvalue weighted by Crippen LogP contribution is -2.54. The van der Waals surface area contributed by atoms with E-state index in [1.54, 1.807) is 39.1 Å². The monoisotopic (exact) mass is 376 g/mol. The maximum absolute atomic E-state index is 2.91. The van der Waals surface area contributed by atoms with Crippen LogP contribution in [-0.2, 0) is 44.2 Å². The molecule has 3 bridgehead atoms. The van der Waals surface area contributed by atoms with E-state index in [2.05, 4.69) is 64.1 Å². The van der Waals surface area contributed by atoms with E-state index in [1.165, 1.54) is 24.2 Å². The second kappa shape index (κ2) is 4.87. The Bertz CT molecular complexity index is 1240. The van der Waals surface area contributed by atoms with Gasteiger partial charge in [0.2, 0.25) is 0 Å². The first-order chi connectivity index (χ1) is 14.3. The first-order valence-corrected chi connectivity index (χ1v) is 11.2. The minimum absolute atomic E-state index is 0.0247. The van der Waals surface area contributed by atoms with Crippen LogP contribution in [-0.4, -0.2) is 15.5 Å². The molecule has 2 unspecified atom stereocenters. The highest BCUT2D eigenvalue weighted by Gasteiger charge is 2.52. The quantitative estimate of drug-likeness (QED) is 0.561. The van der Waals surface area contributed by atoms with Crippen molar-refractivity contribution in [2.45, 2.75) is 56.7 Å². The Labute approximate surface area is 171 Å². The third-order valence-corrected chi connectivity index (χ3v) is 8.44. The maximum atomic E-state index is 2.91. The fourth-order valence-electron chi connectivity index (χ4n) is 7.41. The maximum Gasteiger partial charge on any atom is 0.125 e. The van der Waals surface area contributed by atoms with Crippen LogP contribution in [0.1, 0.15) is 51.2 Å². The molecule has 0 fully saturated rings. The van der Waals surface area contributed by atoms with Gasteiger partial charge in [0.25, 0.3) is 0 Å². The fraction of sp³-hybridized carbons (Fsp3) is 0.333. The summed E-state index contributed by atoms with van der Waals surface area (Å²) in [5.74, 6) is 0. The highest BCUT2D eigenvalue weighted by molar-refractivity contribution is 5.51. The minimum atomic E-state index is 0.0247. The Morgan fingerprint density at radius 2 is 1.34 bits per heavy atom. The van der Waals surface area contributed by atoms with Crippen LogP contribution in [0.3, 0.4) is 0 Å². The molecular formula is C27H24N2. The zero-order valence-corrected chi connectivity index (χ0v) is 16.6. The first-order valence-electron chi connectivity index (χ1n) is 11.2. The summed E-state index contributed by atoms with van der Waals surface area (Å²) >= 11 is 0. The van der Waals surface area contributed by atoms with Crippen LogP contribution in [0, 0.1) is 0 Å². The Kier molecular flexibility index (Phi) is 2.54. The van der Waals surface area contributed by atoms with Crippen LogP contribution in [0.4, 0.5) is 0 Å². The number of allylic oxidation sites excluding steroid dienone is 1. The van der Waals surface area contributed by atoms with E-state index in [0.717, 1.165) is 32.1 Å². The number of hydrogen-bond donors (Lipinski definition) is 0. The zero-order chi connectivity index (χ0) is 18.7. The van der Waals surface area contributed by atoms with Crippen LogP contribution in [0.2, 0.25) is 0 Å². The van der Waals surface area contributed by atoms with Crippen LogP contribution >= 0.6 is 0 Å². The van der Waals surface area contributed by atoms with E-state index >= 15 is 0 Å². The highest BCUT2D eigenvalue weighted by Crippen LogP contribution is 2.51. The van der Waals surface area contributed by atoms with Gasteiger partial charge >= 0.3 is 0 Å². The molecule has 5 aliphatic heterocycles. The summed E-state index contributed by atoms with van der Waals surface area (Å²) in [5, 5.41) is 0. The molecule has 2 heteroatoms. The predicted octanol–water partition coefficient (Wildman–Crippen LogP) is 4.51. The van der Waals surface area contributed by atoms with Crippen LogP contribution in [0.25, 0.3) is 0 Å². The van der Waals surface area contributed by atoms with Gasteiger partial charge in [-0.05, 0) is 58.4 Å². The van der Waals surface area contributed by atoms with Crippen molar-refractivity contribution in [2.24, 2.45) is 0 Å². The standard InChI is InChI=1S/C27H24N2/c1-3-17-11-21-7-9-23-13-19-5-2-6-20-14-24-10-8-22-12-18(4-1)25(17)15-27(28(21)23,29(22)24)16-26(19)20/h1-9,24H,10-16H2. The van der Waals surface area contributed by atoms with Crippen molar-refractivity contribution in [3.63, 3.8) is 0 Å². The summed E-state index contributed by atoms with van der Waals surface area (Å²) in [6, 6.07) is 19.6. The van der Waals surface area contributed by atoms with E-state index in [9.17, 15) is 0 Å². The van der Waals surface area contributed by atoms with E-state index in [0.29, 0.717) is 6.04 Å². The Morgan fingerprint density at radius 1 is 0.724 bits per heavy atom. The fourth-order valence-corrected chi connectivity index (χ4v) is 7.41. The van der Waals surface area contributed by atoms with Crippen molar-refractivity contribution in [2.75, 3.05) is 0 Å². The third kappa shape index (κ3) is 1.72. The summed E-state index contributed by atoms with van der Waals surface area (Å²) in [6.45, 7) is 0. The van der Waals surface area contributed by atoms with Gasteiger partial charge < -0.3 is 9.47 Å². The van der Waals surface area contributed by atoms with Crippen molar-refractivity contribution in [1.82, 2.24) is 9.47 Å². The molecule has 5 aliphatic rings. The SMILES string of the molecule is C1=C2Cc3cccc4c3CC35Cc6c(cccc6CC(C1)N23)Cc1ccc(n15)C4. The molecule has 0 N–H and O–H groups in total. The van der Waals surface area contributed by atoms with Crippen molar-refractivity contribution < 1.29 is 0 Å². The molecule has 0 aliphatic carbocycles.